The molecule has 2 rings (SSSR count). The molecule has 0 saturated heterocycles. The van der Waals surface area contributed by atoms with E-state index in [1.54, 1.807) is 0 Å². The number of fused-ring (bicyclic) bond motifs is 1. The summed E-state index contributed by atoms with van der Waals surface area (Å²) in [7, 11) is 0. The topological polar surface area (TPSA) is 118 Å². The van der Waals surface area contributed by atoms with Gasteiger partial charge in [0.2, 0.25) is 0 Å². The smallest absolute Gasteiger partial charge is 0.336 e. The fourth-order valence-electron chi connectivity index (χ4n) is 1.90. The molecule has 0 bridgehead atoms. The molecule has 0 aliphatic rings. The van der Waals surface area contributed by atoms with Gasteiger partial charge in [0.1, 0.15) is 0 Å². The van der Waals surface area contributed by atoms with Crippen LogP contribution in [0, 0.1) is 10.1 Å². The van der Waals surface area contributed by atoms with Crippen LogP contribution in [-0.4, -0.2) is 27.1 Å². The quantitative estimate of drug-likeness (QED) is 0.645. The molecule has 0 unspecified atom stereocenters. The molecule has 0 aliphatic carbocycles. The Morgan fingerprint density at radius 1 is 1.00 bits per heavy atom. The monoisotopic (exact) mass is 261 g/mol. The lowest BCUT2D eigenvalue weighted by Gasteiger charge is -2.06. The van der Waals surface area contributed by atoms with E-state index < -0.39 is 22.5 Å². The minimum atomic E-state index is -1.35. The maximum absolute atomic E-state index is 11.1. The highest BCUT2D eigenvalue weighted by atomic mass is 16.6. The van der Waals surface area contributed by atoms with Crippen LogP contribution in [0.25, 0.3) is 10.8 Å². The number of carboxylic acid groups (broad SMARTS) is 2. The summed E-state index contributed by atoms with van der Waals surface area (Å²) in [5.74, 6) is -2.63. The molecule has 0 aliphatic heterocycles. The van der Waals surface area contributed by atoms with Gasteiger partial charge in [0, 0.05) is 11.5 Å². The van der Waals surface area contributed by atoms with Crippen molar-refractivity contribution in [3.8, 4) is 0 Å². The fourth-order valence-corrected chi connectivity index (χ4v) is 1.90. The Morgan fingerprint density at radius 3 is 2.11 bits per heavy atom. The number of hydrogen-bond acceptors (Lipinski definition) is 4. The molecule has 2 aromatic rings. The second-order valence-corrected chi connectivity index (χ2v) is 3.73. The lowest BCUT2D eigenvalue weighted by molar-refractivity contribution is -0.383. The van der Waals surface area contributed by atoms with E-state index in [1.165, 1.54) is 12.1 Å². The van der Waals surface area contributed by atoms with Gasteiger partial charge in [0.05, 0.1) is 21.4 Å². The Bertz CT molecular complexity index is 701. The van der Waals surface area contributed by atoms with E-state index in [-0.39, 0.29) is 21.9 Å². The van der Waals surface area contributed by atoms with E-state index in [1.807, 2.05) is 0 Å². The molecule has 0 amide bonds. The lowest BCUT2D eigenvalue weighted by Crippen LogP contribution is -2.04. The molecular weight excluding hydrogens is 254 g/mol. The summed E-state index contributed by atoms with van der Waals surface area (Å²) < 4.78 is 0. The van der Waals surface area contributed by atoms with Crippen LogP contribution in [-0.2, 0) is 0 Å². The number of rotatable bonds is 3. The van der Waals surface area contributed by atoms with Crippen molar-refractivity contribution in [1.29, 1.82) is 0 Å². The lowest BCUT2D eigenvalue weighted by atomic mass is 9.98. The third-order valence-corrected chi connectivity index (χ3v) is 2.68. The number of nitro benzene ring substituents is 1. The van der Waals surface area contributed by atoms with E-state index in [2.05, 4.69) is 0 Å². The van der Waals surface area contributed by atoms with Crippen molar-refractivity contribution in [1.82, 2.24) is 0 Å². The highest BCUT2D eigenvalue weighted by Crippen LogP contribution is 2.31. The van der Waals surface area contributed by atoms with E-state index in [0.717, 1.165) is 18.2 Å². The molecule has 0 atom stereocenters. The first-order valence-electron chi connectivity index (χ1n) is 5.10. The number of non-ortho nitro benzene ring substituents is 1. The maximum atomic E-state index is 11.1. The Hall–Kier alpha value is -2.96. The molecule has 0 radical (unpaired) electrons. The normalized spacial score (nSPS) is 10.3. The van der Waals surface area contributed by atoms with Gasteiger partial charge in [-0.2, -0.15) is 0 Å². The number of carboxylic acids is 2. The van der Waals surface area contributed by atoms with Crippen LogP contribution >= 0.6 is 0 Å². The number of aromatic carboxylic acids is 2. The van der Waals surface area contributed by atoms with E-state index in [0.29, 0.717) is 0 Å². The van der Waals surface area contributed by atoms with Gasteiger partial charge in [-0.1, -0.05) is 12.1 Å². The molecule has 2 N–H and O–H groups in total. The number of nitrogens with zero attached hydrogens (tertiary/aromatic N) is 1. The van der Waals surface area contributed by atoms with Crippen molar-refractivity contribution in [3.05, 3.63) is 51.6 Å². The maximum Gasteiger partial charge on any atom is 0.336 e. The van der Waals surface area contributed by atoms with Crippen LogP contribution < -0.4 is 0 Å². The third-order valence-electron chi connectivity index (χ3n) is 2.68. The Balaban J connectivity index is 3.01. The summed E-state index contributed by atoms with van der Waals surface area (Å²) in [6, 6.07) is 5.98. The fraction of sp³-hybridized carbons (Fsp3) is 0. The molecule has 7 nitrogen and oxygen atoms in total. The number of nitro groups is 1. The van der Waals surface area contributed by atoms with Crippen molar-refractivity contribution in [2.75, 3.05) is 0 Å². The van der Waals surface area contributed by atoms with Crippen molar-refractivity contribution >= 4 is 28.4 Å². The average Bonchev–Trinajstić information content (AvgIpc) is 2.35. The number of hydrogen-bond donors (Lipinski definition) is 2. The summed E-state index contributed by atoms with van der Waals surface area (Å²) in [6.07, 6.45) is 0. The molecular formula is C12H7NO6. The van der Waals surface area contributed by atoms with Gasteiger partial charge in [-0.05, 0) is 12.1 Å². The highest BCUT2D eigenvalue weighted by Gasteiger charge is 2.22. The standard InChI is InChI=1S/C12H7NO6/c14-11(15)7-4-5-8(12(16)17)10-6(7)2-1-3-9(10)13(18)19/h1-5H,(H,14,15)(H,16,17). The Labute approximate surface area is 105 Å². The summed E-state index contributed by atoms with van der Waals surface area (Å²) in [5, 5.41) is 28.9. The third kappa shape index (κ3) is 1.97. The van der Waals surface area contributed by atoms with Gasteiger partial charge in [-0.3, -0.25) is 10.1 Å². The summed E-state index contributed by atoms with van der Waals surface area (Å²) in [5.41, 5.74) is -0.908. The van der Waals surface area contributed by atoms with Crippen LogP contribution in [0.2, 0.25) is 0 Å². The van der Waals surface area contributed by atoms with Crippen LogP contribution in [0.5, 0.6) is 0 Å². The minimum Gasteiger partial charge on any atom is -0.478 e. The molecule has 0 heterocycles. The van der Waals surface area contributed by atoms with E-state index in [4.69, 9.17) is 10.2 Å². The van der Waals surface area contributed by atoms with Crippen LogP contribution in [0.1, 0.15) is 20.7 Å². The predicted octanol–water partition coefficient (Wildman–Crippen LogP) is 2.14. The summed E-state index contributed by atoms with van der Waals surface area (Å²) >= 11 is 0. The molecule has 0 aromatic heterocycles. The zero-order chi connectivity index (χ0) is 14.2. The van der Waals surface area contributed by atoms with Gasteiger partial charge in [-0.15, -0.1) is 0 Å². The zero-order valence-corrected chi connectivity index (χ0v) is 9.36. The molecule has 19 heavy (non-hydrogen) atoms. The highest BCUT2D eigenvalue weighted by molar-refractivity contribution is 6.13. The Kier molecular flexibility index (Phi) is 2.88. The van der Waals surface area contributed by atoms with Crippen molar-refractivity contribution in [2.45, 2.75) is 0 Å². The SMILES string of the molecule is O=C(O)c1ccc(C(=O)O)c2c([N+](=O)[O-])cccc12. The molecule has 0 spiro atoms. The minimum absolute atomic E-state index is 0.0293. The van der Waals surface area contributed by atoms with Gasteiger partial charge in [-0.25, -0.2) is 9.59 Å². The van der Waals surface area contributed by atoms with Gasteiger partial charge in [0.25, 0.3) is 5.69 Å². The molecule has 0 fully saturated rings. The van der Waals surface area contributed by atoms with Crippen molar-refractivity contribution < 1.29 is 24.7 Å². The van der Waals surface area contributed by atoms with Gasteiger partial charge in [0.15, 0.2) is 0 Å². The number of carbonyl (C=O) groups is 2. The second-order valence-electron chi connectivity index (χ2n) is 3.73. The average molecular weight is 261 g/mol. The van der Waals surface area contributed by atoms with Crippen molar-refractivity contribution in [3.63, 3.8) is 0 Å². The first-order chi connectivity index (χ1) is 8.93. The first-order valence-corrected chi connectivity index (χ1v) is 5.10. The molecule has 96 valence electrons. The molecule has 0 saturated carbocycles. The van der Waals surface area contributed by atoms with Gasteiger partial charge < -0.3 is 10.2 Å². The molecule has 7 heteroatoms. The van der Waals surface area contributed by atoms with E-state index in [9.17, 15) is 19.7 Å². The van der Waals surface area contributed by atoms with E-state index >= 15 is 0 Å². The second kappa shape index (κ2) is 4.37. The number of benzene rings is 2. The van der Waals surface area contributed by atoms with Crippen LogP contribution in [0.4, 0.5) is 5.69 Å². The Morgan fingerprint density at radius 2 is 1.58 bits per heavy atom. The van der Waals surface area contributed by atoms with Crippen LogP contribution in [0.15, 0.2) is 30.3 Å². The first kappa shape index (κ1) is 12.5. The van der Waals surface area contributed by atoms with Crippen LogP contribution in [0.3, 0.4) is 0 Å². The largest absolute Gasteiger partial charge is 0.478 e. The van der Waals surface area contributed by atoms with Crippen molar-refractivity contribution in [2.24, 2.45) is 0 Å². The van der Waals surface area contributed by atoms with Gasteiger partial charge >= 0.3 is 11.9 Å². The predicted molar refractivity (Wildman–Crippen MR) is 64.5 cm³/mol. The summed E-state index contributed by atoms with van der Waals surface area (Å²) in [4.78, 5) is 32.4. The zero-order valence-electron chi connectivity index (χ0n) is 9.36. The summed E-state index contributed by atoms with van der Waals surface area (Å²) in [6.45, 7) is 0. The molecule has 2 aromatic carbocycles.